The summed E-state index contributed by atoms with van der Waals surface area (Å²) < 4.78 is 4.76. The van der Waals surface area contributed by atoms with Crippen LogP contribution in [-0.2, 0) is 13.1 Å². The zero-order chi connectivity index (χ0) is 17.1. The van der Waals surface area contributed by atoms with E-state index in [4.69, 9.17) is 4.63 Å². The Hall–Kier alpha value is -2.24. The van der Waals surface area contributed by atoms with Gasteiger partial charge < -0.3 is 4.90 Å². The predicted octanol–water partition coefficient (Wildman–Crippen LogP) is 3.48. The van der Waals surface area contributed by atoms with Crippen molar-refractivity contribution >= 4 is 11.0 Å². The molecule has 0 spiro atoms. The van der Waals surface area contributed by atoms with E-state index in [2.05, 4.69) is 78.5 Å². The van der Waals surface area contributed by atoms with Gasteiger partial charge in [-0.15, -0.1) is 0 Å². The summed E-state index contributed by atoms with van der Waals surface area (Å²) in [4.78, 5) is 4.53. The van der Waals surface area contributed by atoms with Gasteiger partial charge in [0, 0.05) is 19.1 Å². The molecule has 5 heteroatoms. The number of rotatable bonds is 6. The highest BCUT2D eigenvalue weighted by Crippen LogP contribution is 2.20. The minimum Gasteiger partial charge on any atom is -0.303 e. The average molecular weight is 324 g/mol. The Labute approximate surface area is 142 Å². The normalized spacial score (nSPS) is 13.1. The molecule has 0 unspecified atom stereocenters. The molecule has 126 valence electrons. The highest BCUT2D eigenvalue weighted by molar-refractivity contribution is 5.73. The third-order valence-electron chi connectivity index (χ3n) is 4.43. The van der Waals surface area contributed by atoms with Crippen LogP contribution in [0.3, 0.4) is 0 Å². The molecule has 0 aliphatic heterocycles. The smallest absolute Gasteiger partial charge is 0.135 e. The van der Waals surface area contributed by atoms with Crippen molar-refractivity contribution in [3.05, 3.63) is 59.2 Å². The molecule has 3 rings (SSSR count). The fourth-order valence-electron chi connectivity index (χ4n) is 2.85. The molecule has 1 heterocycles. The first kappa shape index (κ1) is 16.6. The van der Waals surface area contributed by atoms with E-state index in [1.54, 1.807) is 0 Å². The second kappa shape index (κ2) is 7.11. The molecule has 0 aliphatic carbocycles. The zero-order valence-electron chi connectivity index (χ0n) is 14.7. The molecule has 0 saturated carbocycles. The Bertz CT molecular complexity index is 812. The van der Waals surface area contributed by atoms with Gasteiger partial charge in [-0.25, -0.2) is 4.63 Å². The van der Waals surface area contributed by atoms with Crippen molar-refractivity contribution < 1.29 is 4.63 Å². The van der Waals surface area contributed by atoms with Gasteiger partial charge in [0.25, 0.3) is 0 Å². The topological polar surface area (TPSA) is 45.4 Å². The quantitative estimate of drug-likeness (QED) is 0.694. The van der Waals surface area contributed by atoms with Crippen LogP contribution in [0.15, 0.2) is 47.1 Å². The van der Waals surface area contributed by atoms with Crippen LogP contribution in [0.4, 0.5) is 0 Å². The van der Waals surface area contributed by atoms with E-state index in [0.29, 0.717) is 6.04 Å². The van der Waals surface area contributed by atoms with Gasteiger partial charge in [0.15, 0.2) is 0 Å². The van der Waals surface area contributed by atoms with E-state index in [-0.39, 0.29) is 0 Å². The summed E-state index contributed by atoms with van der Waals surface area (Å²) in [7, 11) is 6.35. The first-order chi connectivity index (χ1) is 11.5. The molecule has 5 nitrogen and oxygen atoms in total. The highest BCUT2D eigenvalue weighted by atomic mass is 16.6. The summed E-state index contributed by atoms with van der Waals surface area (Å²) in [5.74, 6) is 0. The molecule has 24 heavy (non-hydrogen) atoms. The molecular formula is C19H24N4O. The van der Waals surface area contributed by atoms with E-state index >= 15 is 0 Å². The van der Waals surface area contributed by atoms with Gasteiger partial charge in [0.2, 0.25) is 0 Å². The van der Waals surface area contributed by atoms with Crippen LogP contribution >= 0.6 is 0 Å². The molecule has 0 radical (unpaired) electrons. The number of hydrogen-bond acceptors (Lipinski definition) is 5. The second-order valence-corrected chi connectivity index (χ2v) is 6.64. The lowest BCUT2D eigenvalue weighted by Gasteiger charge is -2.22. The van der Waals surface area contributed by atoms with Crippen LogP contribution < -0.4 is 0 Å². The zero-order valence-corrected chi connectivity index (χ0v) is 14.7. The van der Waals surface area contributed by atoms with Crippen molar-refractivity contribution in [3.63, 3.8) is 0 Å². The molecular weight excluding hydrogens is 300 g/mol. The van der Waals surface area contributed by atoms with Gasteiger partial charge >= 0.3 is 0 Å². The van der Waals surface area contributed by atoms with Crippen LogP contribution in [0.1, 0.15) is 29.7 Å². The van der Waals surface area contributed by atoms with Crippen LogP contribution in [0.2, 0.25) is 0 Å². The summed E-state index contributed by atoms with van der Waals surface area (Å²) in [5.41, 5.74) is 5.49. The van der Waals surface area contributed by atoms with Gasteiger partial charge in [-0.3, -0.25) is 4.90 Å². The van der Waals surface area contributed by atoms with Crippen molar-refractivity contribution in [3.8, 4) is 0 Å². The minimum absolute atomic E-state index is 0.414. The largest absolute Gasteiger partial charge is 0.303 e. The van der Waals surface area contributed by atoms with Crippen LogP contribution in [0.5, 0.6) is 0 Å². The molecule has 1 aromatic heterocycles. The molecule has 0 amide bonds. The lowest BCUT2D eigenvalue weighted by molar-refractivity contribution is 0.313. The van der Waals surface area contributed by atoms with E-state index in [1.165, 1.54) is 16.7 Å². The number of nitrogens with zero attached hydrogens (tertiary/aromatic N) is 4. The van der Waals surface area contributed by atoms with Crippen molar-refractivity contribution in [2.75, 3.05) is 21.1 Å². The Morgan fingerprint density at radius 3 is 2.38 bits per heavy atom. The first-order valence-corrected chi connectivity index (χ1v) is 8.18. The summed E-state index contributed by atoms with van der Waals surface area (Å²) in [6.45, 7) is 3.99. The van der Waals surface area contributed by atoms with E-state index < -0.39 is 0 Å². The minimum atomic E-state index is 0.414. The number of aromatic nitrogens is 2. The molecule has 0 bridgehead atoms. The fourth-order valence-corrected chi connectivity index (χ4v) is 2.85. The average Bonchev–Trinajstić information content (AvgIpc) is 3.01. The molecule has 0 N–H and O–H groups in total. The number of benzene rings is 2. The Morgan fingerprint density at radius 1 is 0.917 bits per heavy atom. The Morgan fingerprint density at radius 2 is 1.62 bits per heavy atom. The standard InChI is InChI=1S/C19H24N4O/c1-14(22(2)3)17-7-5-6-15(10-17)12-23(4)13-16-8-9-18-19(11-16)21-24-20-18/h5-11,14H,12-13H2,1-4H3/t14-/m0/s1. The Kier molecular flexibility index (Phi) is 4.92. The van der Waals surface area contributed by atoms with Crippen molar-refractivity contribution in [2.45, 2.75) is 26.1 Å². The molecule has 1 atom stereocenters. The summed E-state index contributed by atoms with van der Waals surface area (Å²) in [6.07, 6.45) is 0. The van der Waals surface area contributed by atoms with Crippen molar-refractivity contribution in [1.29, 1.82) is 0 Å². The van der Waals surface area contributed by atoms with Gasteiger partial charge in [0.05, 0.1) is 0 Å². The molecule has 0 fully saturated rings. The van der Waals surface area contributed by atoms with Crippen LogP contribution in [0, 0.1) is 0 Å². The number of hydrogen-bond donors (Lipinski definition) is 0. The maximum atomic E-state index is 4.76. The number of fused-ring (bicyclic) bond motifs is 1. The summed E-state index contributed by atoms with van der Waals surface area (Å²) in [5, 5.41) is 7.75. The molecule has 2 aromatic carbocycles. The van der Waals surface area contributed by atoms with E-state index in [9.17, 15) is 0 Å². The molecule has 0 saturated heterocycles. The van der Waals surface area contributed by atoms with Crippen LogP contribution in [0.25, 0.3) is 11.0 Å². The van der Waals surface area contributed by atoms with Gasteiger partial charge in [0.1, 0.15) is 11.0 Å². The van der Waals surface area contributed by atoms with Crippen molar-refractivity contribution in [1.82, 2.24) is 20.1 Å². The van der Waals surface area contributed by atoms with Gasteiger partial charge in [-0.05, 0) is 67.2 Å². The third-order valence-corrected chi connectivity index (χ3v) is 4.43. The first-order valence-electron chi connectivity index (χ1n) is 8.18. The van der Waals surface area contributed by atoms with E-state index in [0.717, 1.165) is 24.1 Å². The highest BCUT2D eigenvalue weighted by Gasteiger charge is 2.09. The van der Waals surface area contributed by atoms with E-state index in [1.807, 2.05) is 12.1 Å². The van der Waals surface area contributed by atoms with Gasteiger partial charge in [-0.2, -0.15) is 0 Å². The van der Waals surface area contributed by atoms with Crippen molar-refractivity contribution in [2.24, 2.45) is 0 Å². The van der Waals surface area contributed by atoms with Crippen LogP contribution in [-0.4, -0.2) is 41.3 Å². The summed E-state index contributed by atoms with van der Waals surface area (Å²) >= 11 is 0. The fraction of sp³-hybridized carbons (Fsp3) is 0.368. The predicted molar refractivity (Wildman–Crippen MR) is 95.5 cm³/mol. The lowest BCUT2D eigenvalue weighted by atomic mass is 10.0. The summed E-state index contributed by atoms with van der Waals surface area (Å²) in [6, 6.07) is 15.3. The Balaban J connectivity index is 1.68. The SMILES string of the molecule is C[C@@H](c1cccc(CN(C)Cc2ccc3nonc3c2)c1)N(C)C. The lowest BCUT2D eigenvalue weighted by Crippen LogP contribution is -2.19. The third kappa shape index (κ3) is 3.80. The van der Waals surface area contributed by atoms with Gasteiger partial charge in [-0.1, -0.05) is 30.3 Å². The molecule has 3 aromatic rings. The monoisotopic (exact) mass is 324 g/mol. The second-order valence-electron chi connectivity index (χ2n) is 6.64. The maximum Gasteiger partial charge on any atom is 0.135 e. The molecule has 0 aliphatic rings. The maximum absolute atomic E-state index is 4.76.